The lowest BCUT2D eigenvalue weighted by atomic mass is 10.00. The molecule has 5 rings (SSSR count). The van der Waals surface area contributed by atoms with Crippen LogP contribution in [0.25, 0.3) is 10.2 Å². The molecule has 3 aromatic rings. The van der Waals surface area contributed by atoms with Gasteiger partial charge < -0.3 is 15.0 Å². The molecule has 0 saturated carbocycles. The lowest BCUT2D eigenvalue weighted by molar-refractivity contribution is 0.0925. The first-order valence-electron chi connectivity index (χ1n) is 11.3. The Kier molecular flexibility index (Phi) is 5.55. The summed E-state index contributed by atoms with van der Waals surface area (Å²) in [6, 6.07) is 13.7. The number of fused-ring (bicyclic) bond motifs is 2. The number of ether oxygens (including phenoxy) is 1. The molecule has 168 valence electrons. The van der Waals surface area contributed by atoms with Gasteiger partial charge in [0.15, 0.2) is 5.13 Å². The number of para-hydroxylation sites is 1. The van der Waals surface area contributed by atoms with E-state index in [0.29, 0.717) is 12.2 Å². The third-order valence-corrected chi connectivity index (χ3v) is 7.48. The molecule has 6 nitrogen and oxygen atoms in total. The van der Waals surface area contributed by atoms with Gasteiger partial charge in [-0.05, 0) is 45.0 Å². The summed E-state index contributed by atoms with van der Waals surface area (Å²) in [5.74, 6) is 0.806. The van der Waals surface area contributed by atoms with Gasteiger partial charge in [0.2, 0.25) is 0 Å². The topological polar surface area (TPSA) is 57.7 Å². The van der Waals surface area contributed by atoms with Gasteiger partial charge in [-0.25, -0.2) is 4.98 Å². The van der Waals surface area contributed by atoms with E-state index >= 15 is 0 Å². The van der Waals surface area contributed by atoms with Crippen molar-refractivity contribution in [2.24, 2.45) is 0 Å². The highest BCUT2D eigenvalue weighted by Gasteiger charge is 2.27. The molecular weight excluding hydrogens is 420 g/mol. The highest BCUT2D eigenvalue weighted by Crippen LogP contribution is 2.33. The highest BCUT2D eigenvalue weighted by atomic mass is 32.1. The quantitative estimate of drug-likeness (QED) is 0.638. The molecule has 1 unspecified atom stereocenters. The van der Waals surface area contributed by atoms with Crippen LogP contribution < -0.4 is 15.0 Å². The van der Waals surface area contributed by atoms with E-state index < -0.39 is 0 Å². The second-order valence-electron chi connectivity index (χ2n) is 9.52. The van der Waals surface area contributed by atoms with E-state index in [9.17, 15) is 4.79 Å². The van der Waals surface area contributed by atoms with Gasteiger partial charge in [0.05, 0.1) is 22.9 Å². The summed E-state index contributed by atoms with van der Waals surface area (Å²) in [6.07, 6.45) is 0.774. The van der Waals surface area contributed by atoms with E-state index in [4.69, 9.17) is 9.72 Å². The van der Waals surface area contributed by atoms with Crippen LogP contribution in [0.3, 0.4) is 0 Å². The fourth-order valence-corrected chi connectivity index (χ4v) is 5.55. The molecule has 0 aliphatic carbocycles. The van der Waals surface area contributed by atoms with Crippen molar-refractivity contribution in [3.8, 4) is 5.75 Å². The fourth-order valence-electron chi connectivity index (χ4n) is 4.49. The monoisotopic (exact) mass is 450 g/mol. The SMILES string of the molecule is CC(C)(C)N1CCN(c2nc3ccc(C(=O)NC4CCOc5ccccc54)cc3s2)CC1. The van der Waals surface area contributed by atoms with E-state index in [0.717, 1.165) is 59.3 Å². The average Bonchev–Trinajstić information content (AvgIpc) is 3.22. The molecule has 2 aliphatic heterocycles. The number of carbonyl (C=O) groups is 1. The van der Waals surface area contributed by atoms with E-state index in [1.807, 2.05) is 42.5 Å². The van der Waals surface area contributed by atoms with Crippen molar-refractivity contribution in [2.45, 2.75) is 38.8 Å². The zero-order valence-electron chi connectivity index (χ0n) is 18.9. The number of rotatable bonds is 3. The maximum atomic E-state index is 13.0. The van der Waals surface area contributed by atoms with Crippen LogP contribution in [0, 0.1) is 0 Å². The molecule has 1 fully saturated rings. The number of benzene rings is 2. The minimum absolute atomic E-state index is 0.0284. The first-order valence-corrected chi connectivity index (χ1v) is 12.1. The van der Waals surface area contributed by atoms with Crippen molar-refractivity contribution in [2.75, 3.05) is 37.7 Å². The molecule has 0 bridgehead atoms. The molecule has 1 amide bonds. The van der Waals surface area contributed by atoms with Crippen LogP contribution in [0.5, 0.6) is 5.75 Å². The summed E-state index contributed by atoms with van der Waals surface area (Å²) >= 11 is 1.68. The molecule has 2 aromatic carbocycles. The van der Waals surface area contributed by atoms with Crippen molar-refractivity contribution >= 4 is 32.6 Å². The largest absolute Gasteiger partial charge is 0.493 e. The summed E-state index contributed by atoms with van der Waals surface area (Å²) < 4.78 is 6.77. The molecule has 1 aromatic heterocycles. The van der Waals surface area contributed by atoms with Gasteiger partial charge in [-0.1, -0.05) is 29.5 Å². The maximum Gasteiger partial charge on any atom is 0.251 e. The van der Waals surface area contributed by atoms with Crippen LogP contribution >= 0.6 is 11.3 Å². The lowest BCUT2D eigenvalue weighted by Crippen LogP contribution is -2.53. The summed E-state index contributed by atoms with van der Waals surface area (Å²) in [6.45, 7) is 11.5. The molecule has 2 aliphatic rings. The molecule has 1 saturated heterocycles. The highest BCUT2D eigenvalue weighted by molar-refractivity contribution is 7.22. The number of hydrogen-bond donors (Lipinski definition) is 1. The molecule has 0 radical (unpaired) electrons. The summed E-state index contributed by atoms with van der Waals surface area (Å²) in [4.78, 5) is 22.8. The standard InChI is InChI=1S/C25H30N4O2S/c1-25(2,3)29-13-11-28(12-14-29)24-27-20-9-8-17(16-22(20)32-24)23(30)26-19-10-15-31-21-7-5-4-6-18(19)21/h4-9,16,19H,10-15H2,1-3H3,(H,26,30). The fraction of sp³-hybridized carbons (Fsp3) is 0.440. The van der Waals surface area contributed by atoms with Gasteiger partial charge in [-0.3, -0.25) is 9.69 Å². The van der Waals surface area contributed by atoms with Crippen LogP contribution in [-0.2, 0) is 0 Å². The Labute approximate surface area is 193 Å². The maximum absolute atomic E-state index is 13.0. The van der Waals surface area contributed by atoms with Crippen LogP contribution in [-0.4, -0.2) is 54.1 Å². The number of anilines is 1. The number of nitrogens with zero attached hydrogens (tertiary/aromatic N) is 3. The van der Waals surface area contributed by atoms with Gasteiger partial charge in [0, 0.05) is 49.3 Å². The predicted molar refractivity (Wildman–Crippen MR) is 130 cm³/mol. The van der Waals surface area contributed by atoms with Gasteiger partial charge in [0.25, 0.3) is 5.91 Å². The van der Waals surface area contributed by atoms with Gasteiger partial charge in [-0.15, -0.1) is 0 Å². The first-order chi connectivity index (χ1) is 15.4. The summed E-state index contributed by atoms with van der Waals surface area (Å²) in [5, 5.41) is 4.24. The number of thiazole rings is 1. The Balaban J connectivity index is 1.30. The molecule has 1 N–H and O–H groups in total. The molecular formula is C25H30N4O2S. The Morgan fingerprint density at radius 2 is 1.91 bits per heavy atom. The van der Waals surface area contributed by atoms with Crippen LogP contribution in [0.1, 0.15) is 49.2 Å². The van der Waals surface area contributed by atoms with Crippen molar-refractivity contribution in [3.63, 3.8) is 0 Å². The lowest BCUT2D eigenvalue weighted by Gasteiger charge is -2.42. The van der Waals surface area contributed by atoms with Crippen LogP contribution in [0.15, 0.2) is 42.5 Å². The van der Waals surface area contributed by atoms with Crippen LogP contribution in [0.4, 0.5) is 5.13 Å². The average molecular weight is 451 g/mol. The summed E-state index contributed by atoms with van der Waals surface area (Å²) in [7, 11) is 0. The number of carbonyl (C=O) groups excluding carboxylic acids is 1. The Bertz CT molecular complexity index is 1130. The summed E-state index contributed by atoms with van der Waals surface area (Å²) in [5.41, 5.74) is 2.88. The normalized spacial score (nSPS) is 19.5. The number of hydrogen-bond acceptors (Lipinski definition) is 6. The smallest absolute Gasteiger partial charge is 0.251 e. The number of amides is 1. The van der Waals surface area contributed by atoms with E-state index in [1.165, 1.54) is 0 Å². The number of nitrogens with one attached hydrogen (secondary N) is 1. The van der Waals surface area contributed by atoms with Crippen molar-refractivity contribution in [1.82, 2.24) is 15.2 Å². The van der Waals surface area contributed by atoms with E-state index in [-0.39, 0.29) is 17.5 Å². The van der Waals surface area contributed by atoms with E-state index in [1.54, 1.807) is 11.3 Å². The first kappa shape index (κ1) is 21.2. The molecule has 0 spiro atoms. The minimum Gasteiger partial charge on any atom is -0.493 e. The van der Waals surface area contributed by atoms with Crippen molar-refractivity contribution in [1.29, 1.82) is 0 Å². The Morgan fingerprint density at radius 1 is 1.12 bits per heavy atom. The van der Waals surface area contributed by atoms with E-state index in [2.05, 4.69) is 35.9 Å². The third-order valence-electron chi connectivity index (χ3n) is 6.40. The second-order valence-corrected chi connectivity index (χ2v) is 10.5. The van der Waals surface area contributed by atoms with Gasteiger partial charge in [-0.2, -0.15) is 0 Å². The number of piperazine rings is 1. The number of aromatic nitrogens is 1. The predicted octanol–water partition coefficient (Wildman–Crippen LogP) is 4.47. The minimum atomic E-state index is -0.0534. The Morgan fingerprint density at radius 3 is 2.69 bits per heavy atom. The molecule has 3 heterocycles. The van der Waals surface area contributed by atoms with Crippen LogP contribution in [0.2, 0.25) is 0 Å². The van der Waals surface area contributed by atoms with Gasteiger partial charge in [0.1, 0.15) is 5.75 Å². The van der Waals surface area contributed by atoms with Crippen molar-refractivity contribution in [3.05, 3.63) is 53.6 Å². The van der Waals surface area contributed by atoms with Crippen molar-refractivity contribution < 1.29 is 9.53 Å². The Hall–Kier alpha value is -2.64. The molecule has 1 atom stereocenters. The zero-order chi connectivity index (χ0) is 22.3. The molecule has 32 heavy (non-hydrogen) atoms. The zero-order valence-corrected chi connectivity index (χ0v) is 19.7. The van der Waals surface area contributed by atoms with Gasteiger partial charge >= 0.3 is 0 Å². The third kappa shape index (κ3) is 4.19. The second kappa shape index (κ2) is 8.37. The molecule has 7 heteroatoms.